The Labute approximate surface area is 172 Å². The lowest BCUT2D eigenvalue weighted by molar-refractivity contribution is -0.116. The van der Waals surface area contributed by atoms with Crippen LogP contribution < -0.4 is 10.9 Å². The van der Waals surface area contributed by atoms with Crippen LogP contribution in [0.1, 0.15) is 46.4 Å². The molecule has 0 aliphatic rings. The van der Waals surface area contributed by atoms with Gasteiger partial charge in [-0.2, -0.15) is 0 Å². The summed E-state index contributed by atoms with van der Waals surface area (Å²) in [7, 11) is 0. The molecule has 7 nitrogen and oxygen atoms in total. The van der Waals surface area contributed by atoms with Crippen LogP contribution in [0.3, 0.4) is 0 Å². The number of H-pyrrole nitrogens is 1. The van der Waals surface area contributed by atoms with Crippen molar-refractivity contribution in [3.05, 3.63) is 56.4 Å². The van der Waals surface area contributed by atoms with Crippen LogP contribution in [-0.4, -0.2) is 28.5 Å². The number of carbonyl (C=O) groups excluding carboxylic acids is 2. The molecule has 1 amide bonds. The number of aromatic nitrogens is 2. The molecule has 2 N–H and O–H groups in total. The maximum Gasteiger partial charge on any atom is 0.341 e. The minimum Gasteiger partial charge on any atom is -0.462 e. The third-order valence-corrected chi connectivity index (χ3v) is 5.72. The maximum absolute atomic E-state index is 12.4. The van der Waals surface area contributed by atoms with E-state index in [1.165, 1.54) is 11.3 Å². The molecule has 0 radical (unpaired) electrons. The molecule has 3 rings (SSSR count). The van der Waals surface area contributed by atoms with Crippen molar-refractivity contribution in [3.63, 3.8) is 0 Å². The van der Waals surface area contributed by atoms with Crippen molar-refractivity contribution in [2.45, 2.75) is 40.0 Å². The Hall–Kier alpha value is -3.00. The number of aromatic amines is 1. The minimum atomic E-state index is -0.428. The van der Waals surface area contributed by atoms with Gasteiger partial charge < -0.3 is 15.0 Å². The molecule has 0 aliphatic heterocycles. The highest BCUT2D eigenvalue weighted by Gasteiger charge is 2.21. The summed E-state index contributed by atoms with van der Waals surface area (Å²) in [6.07, 6.45) is 1.24. The van der Waals surface area contributed by atoms with E-state index < -0.39 is 5.97 Å². The molecule has 0 bridgehead atoms. The summed E-state index contributed by atoms with van der Waals surface area (Å²) in [5.74, 6) is -0.0703. The smallest absolute Gasteiger partial charge is 0.341 e. The number of carbonyl (C=O) groups is 2. The summed E-state index contributed by atoms with van der Waals surface area (Å²) < 4.78 is 5.10. The average Bonchev–Trinajstić information content (AvgIpc) is 2.95. The van der Waals surface area contributed by atoms with Gasteiger partial charge in [-0.25, -0.2) is 9.78 Å². The first-order valence-corrected chi connectivity index (χ1v) is 10.3. The second kappa shape index (κ2) is 9.00. The SMILES string of the molecule is CCOC(=O)c1c(NC(=O)CCCc2nc3ccccc3c(=O)[nH]2)sc(C)c1C. The summed E-state index contributed by atoms with van der Waals surface area (Å²) in [5, 5.41) is 3.89. The molecule has 3 aromatic rings. The van der Waals surface area contributed by atoms with Gasteiger partial charge in [0.05, 0.1) is 23.1 Å². The standard InChI is InChI=1S/C21H23N3O4S/c1-4-28-21(27)18-12(2)13(3)29-20(18)24-17(25)11-7-10-16-22-15-9-6-5-8-14(15)19(26)23-16/h5-6,8-9H,4,7,10-11H2,1-3H3,(H,24,25)(H,22,23,26). The molecule has 2 heterocycles. The number of nitrogens with one attached hydrogen (secondary N) is 2. The number of rotatable bonds is 7. The van der Waals surface area contributed by atoms with Crippen molar-refractivity contribution >= 4 is 39.1 Å². The van der Waals surface area contributed by atoms with Crippen LogP contribution >= 0.6 is 11.3 Å². The summed E-state index contributed by atoms with van der Waals surface area (Å²) in [6, 6.07) is 7.14. The molecule has 0 aliphatic carbocycles. The zero-order chi connectivity index (χ0) is 21.0. The zero-order valence-electron chi connectivity index (χ0n) is 16.6. The van der Waals surface area contributed by atoms with Crippen LogP contribution in [0.25, 0.3) is 10.9 Å². The Balaban J connectivity index is 1.63. The number of nitrogens with zero attached hydrogens (tertiary/aromatic N) is 1. The molecule has 152 valence electrons. The fraction of sp³-hybridized carbons (Fsp3) is 0.333. The largest absolute Gasteiger partial charge is 0.462 e. The first-order chi connectivity index (χ1) is 13.9. The Morgan fingerprint density at radius 3 is 2.76 bits per heavy atom. The van der Waals surface area contributed by atoms with E-state index in [2.05, 4.69) is 15.3 Å². The summed E-state index contributed by atoms with van der Waals surface area (Å²) >= 11 is 1.36. The number of para-hydroxylation sites is 1. The predicted molar refractivity (Wildman–Crippen MR) is 114 cm³/mol. The van der Waals surface area contributed by atoms with E-state index >= 15 is 0 Å². The van der Waals surface area contributed by atoms with Crippen molar-refractivity contribution in [2.75, 3.05) is 11.9 Å². The Bertz CT molecular complexity index is 1120. The topological polar surface area (TPSA) is 101 Å². The number of hydrogen-bond acceptors (Lipinski definition) is 6. The number of aryl methyl sites for hydroxylation is 2. The average molecular weight is 413 g/mol. The van der Waals surface area contributed by atoms with E-state index in [9.17, 15) is 14.4 Å². The highest BCUT2D eigenvalue weighted by atomic mass is 32.1. The lowest BCUT2D eigenvalue weighted by Crippen LogP contribution is -2.15. The van der Waals surface area contributed by atoms with Gasteiger partial charge in [-0.05, 0) is 44.9 Å². The van der Waals surface area contributed by atoms with E-state index in [1.807, 2.05) is 19.9 Å². The number of benzene rings is 1. The molecule has 0 unspecified atom stereocenters. The maximum atomic E-state index is 12.4. The van der Waals surface area contributed by atoms with Crippen molar-refractivity contribution in [1.82, 2.24) is 9.97 Å². The minimum absolute atomic E-state index is 0.182. The first-order valence-electron chi connectivity index (χ1n) is 9.45. The van der Waals surface area contributed by atoms with Crippen molar-refractivity contribution < 1.29 is 14.3 Å². The van der Waals surface area contributed by atoms with Crippen LogP contribution in [0, 0.1) is 13.8 Å². The predicted octanol–water partition coefficient (Wildman–Crippen LogP) is 3.74. The number of fused-ring (bicyclic) bond motifs is 1. The van der Waals surface area contributed by atoms with Gasteiger partial charge in [-0.3, -0.25) is 9.59 Å². The zero-order valence-corrected chi connectivity index (χ0v) is 17.4. The molecule has 1 aromatic carbocycles. The molecule has 0 spiro atoms. The monoisotopic (exact) mass is 413 g/mol. The fourth-order valence-corrected chi connectivity index (χ4v) is 4.09. The van der Waals surface area contributed by atoms with Gasteiger partial charge in [-0.1, -0.05) is 12.1 Å². The van der Waals surface area contributed by atoms with Crippen LogP contribution in [0.2, 0.25) is 0 Å². The molecule has 2 aromatic heterocycles. The van der Waals surface area contributed by atoms with Gasteiger partial charge in [0.1, 0.15) is 10.8 Å². The molecule has 0 atom stereocenters. The van der Waals surface area contributed by atoms with E-state index in [0.29, 0.717) is 40.1 Å². The lowest BCUT2D eigenvalue weighted by Gasteiger charge is -2.07. The molecule has 0 saturated carbocycles. The molecule has 29 heavy (non-hydrogen) atoms. The number of ether oxygens (including phenoxy) is 1. The van der Waals surface area contributed by atoms with Crippen LogP contribution in [0.4, 0.5) is 5.00 Å². The van der Waals surface area contributed by atoms with Gasteiger partial charge in [0, 0.05) is 17.7 Å². The molecular formula is C21H23N3O4S. The van der Waals surface area contributed by atoms with Gasteiger partial charge in [0.2, 0.25) is 5.91 Å². The Morgan fingerprint density at radius 1 is 1.24 bits per heavy atom. The molecular weight excluding hydrogens is 390 g/mol. The summed E-state index contributed by atoms with van der Waals surface area (Å²) in [5.41, 5.74) is 1.70. The molecule has 0 fully saturated rings. The van der Waals surface area contributed by atoms with E-state index in [1.54, 1.807) is 25.1 Å². The van der Waals surface area contributed by atoms with Crippen molar-refractivity contribution in [2.24, 2.45) is 0 Å². The number of amides is 1. The van der Waals surface area contributed by atoms with Crippen molar-refractivity contribution in [3.8, 4) is 0 Å². The molecule has 0 saturated heterocycles. The van der Waals surface area contributed by atoms with Gasteiger partial charge in [0.15, 0.2) is 0 Å². The second-order valence-corrected chi connectivity index (χ2v) is 7.86. The fourth-order valence-electron chi connectivity index (χ4n) is 3.02. The van der Waals surface area contributed by atoms with Gasteiger partial charge >= 0.3 is 5.97 Å². The summed E-state index contributed by atoms with van der Waals surface area (Å²) in [4.78, 5) is 44.9. The third-order valence-electron chi connectivity index (χ3n) is 4.60. The highest BCUT2D eigenvalue weighted by Crippen LogP contribution is 2.33. The lowest BCUT2D eigenvalue weighted by atomic mass is 10.1. The summed E-state index contributed by atoms with van der Waals surface area (Å²) in [6.45, 7) is 5.77. The van der Waals surface area contributed by atoms with Crippen molar-refractivity contribution in [1.29, 1.82) is 0 Å². The Morgan fingerprint density at radius 2 is 2.00 bits per heavy atom. The second-order valence-electron chi connectivity index (χ2n) is 6.64. The van der Waals surface area contributed by atoms with Crippen LogP contribution in [-0.2, 0) is 16.0 Å². The van der Waals surface area contributed by atoms with Crippen LogP contribution in [0.5, 0.6) is 0 Å². The quantitative estimate of drug-likeness (QED) is 0.575. The van der Waals surface area contributed by atoms with Crippen LogP contribution in [0.15, 0.2) is 29.1 Å². The first kappa shape index (κ1) is 20.7. The van der Waals surface area contributed by atoms with E-state index in [4.69, 9.17) is 4.74 Å². The van der Waals surface area contributed by atoms with E-state index in [0.717, 1.165) is 10.4 Å². The number of hydrogen-bond donors (Lipinski definition) is 2. The third kappa shape index (κ3) is 4.71. The normalized spacial score (nSPS) is 10.9. The number of esters is 1. The Kier molecular flexibility index (Phi) is 6.43. The molecule has 8 heteroatoms. The number of anilines is 1. The van der Waals surface area contributed by atoms with Gasteiger partial charge in [-0.15, -0.1) is 11.3 Å². The van der Waals surface area contributed by atoms with Gasteiger partial charge in [0.25, 0.3) is 5.56 Å². The highest BCUT2D eigenvalue weighted by molar-refractivity contribution is 7.16. The number of thiophene rings is 1. The van der Waals surface area contributed by atoms with E-state index in [-0.39, 0.29) is 24.5 Å².